The highest BCUT2D eigenvalue weighted by Gasteiger charge is 2.31. The molecule has 0 saturated carbocycles. The van der Waals surface area contributed by atoms with E-state index in [0.717, 1.165) is 17.5 Å². The highest BCUT2D eigenvalue weighted by molar-refractivity contribution is 7.19. The van der Waals surface area contributed by atoms with Crippen LogP contribution in [0.3, 0.4) is 0 Å². The van der Waals surface area contributed by atoms with Crippen molar-refractivity contribution in [3.8, 4) is 0 Å². The van der Waals surface area contributed by atoms with Gasteiger partial charge in [0.15, 0.2) is 0 Å². The molecule has 0 N–H and O–H groups in total. The first-order chi connectivity index (χ1) is 9.48. The maximum Gasteiger partial charge on any atom is 0.246 e. The molecule has 20 heavy (non-hydrogen) atoms. The van der Waals surface area contributed by atoms with Crippen molar-refractivity contribution in [1.29, 1.82) is 0 Å². The molecule has 0 radical (unpaired) electrons. The third-order valence-electron chi connectivity index (χ3n) is 3.73. The lowest BCUT2D eigenvalue weighted by atomic mass is 9.98. The van der Waals surface area contributed by atoms with Gasteiger partial charge in [-0.15, -0.1) is 21.1 Å². The number of ether oxygens (including phenoxy) is 1. The molecule has 3 aromatic heterocycles. The molecule has 7 nitrogen and oxygen atoms in total. The van der Waals surface area contributed by atoms with E-state index < -0.39 is 0 Å². The molecule has 104 valence electrons. The summed E-state index contributed by atoms with van der Waals surface area (Å²) in [6.07, 6.45) is 0.815. The Morgan fingerprint density at radius 3 is 3.00 bits per heavy atom. The van der Waals surface area contributed by atoms with Crippen LogP contribution in [0.2, 0.25) is 0 Å². The van der Waals surface area contributed by atoms with Crippen LogP contribution in [0.4, 0.5) is 0 Å². The lowest BCUT2D eigenvalue weighted by Gasteiger charge is -2.29. The zero-order valence-electron chi connectivity index (χ0n) is 11.4. The van der Waals surface area contributed by atoms with Crippen molar-refractivity contribution in [2.75, 3.05) is 0 Å². The fourth-order valence-electron chi connectivity index (χ4n) is 2.71. The van der Waals surface area contributed by atoms with Gasteiger partial charge in [-0.25, -0.2) is 0 Å². The van der Waals surface area contributed by atoms with Crippen LogP contribution in [0, 0.1) is 0 Å². The quantitative estimate of drug-likeness (QED) is 0.615. The molecule has 4 rings (SSSR count). The molecular weight excluding hydrogens is 278 g/mol. The smallest absolute Gasteiger partial charge is 0.246 e. The first-order valence-electron chi connectivity index (χ1n) is 6.33. The number of fused-ring (bicyclic) bond motifs is 4. The van der Waals surface area contributed by atoms with Crippen molar-refractivity contribution in [3.63, 3.8) is 0 Å². The second-order valence-electron chi connectivity index (χ2n) is 5.65. The van der Waals surface area contributed by atoms with Gasteiger partial charge in [0.1, 0.15) is 4.70 Å². The minimum absolute atomic E-state index is 0.111. The SMILES string of the molecule is Cn1c2c3c(sc2c(=O)c2nnnn21)CC(C)(C)OC3. The van der Waals surface area contributed by atoms with E-state index in [-0.39, 0.29) is 16.7 Å². The molecule has 0 atom stereocenters. The molecule has 0 unspecified atom stereocenters. The number of thiophene rings is 1. The summed E-state index contributed by atoms with van der Waals surface area (Å²) < 4.78 is 9.85. The van der Waals surface area contributed by atoms with Crippen molar-refractivity contribution < 1.29 is 4.74 Å². The summed E-state index contributed by atoms with van der Waals surface area (Å²) in [4.78, 5) is 13.7. The Labute approximate surface area is 117 Å². The fourth-order valence-corrected chi connectivity index (χ4v) is 4.19. The first kappa shape index (κ1) is 12.0. The lowest BCUT2D eigenvalue weighted by molar-refractivity contribution is -0.0384. The summed E-state index contributed by atoms with van der Waals surface area (Å²) in [6, 6.07) is 0. The molecule has 0 aromatic carbocycles. The van der Waals surface area contributed by atoms with Gasteiger partial charge in [-0.1, -0.05) is 0 Å². The minimum atomic E-state index is -0.185. The average Bonchev–Trinajstić information content (AvgIpc) is 2.98. The van der Waals surface area contributed by atoms with Crippen LogP contribution in [0.25, 0.3) is 15.9 Å². The number of aryl methyl sites for hydroxylation is 1. The van der Waals surface area contributed by atoms with Gasteiger partial charge in [0, 0.05) is 23.9 Å². The van der Waals surface area contributed by atoms with Gasteiger partial charge in [-0.3, -0.25) is 9.48 Å². The third-order valence-corrected chi connectivity index (χ3v) is 4.95. The van der Waals surface area contributed by atoms with Crippen LogP contribution in [-0.2, 0) is 24.8 Å². The highest BCUT2D eigenvalue weighted by Crippen LogP contribution is 2.37. The second kappa shape index (κ2) is 3.64. The summed E-state index contributed by atoms with van der Waals surface area (Å²) in [5.41, 5.74) is 1.93. The standard InChI is InChI=1S/C12H13N5O2S/c1-12(2)4-7-6(5-19-12)8-10(20-7)9(18)11-13-14-15-17(11)16(8)3/h4-5H2,1-3H3. The first-order valence-corrected chi connectivity index (χ1v) is 7.15. The van der Waals surface area contributed by atoms with Crippen molar-refractivity contribution >= 4 is 27.2 Å². The van der Waals surface area contributed by atoms with Gasteiger partial charge < -0.3 is 4.74 Å². The number of aromatic nitrogens is 5. The maximum absolute atomic E-state index is 12.5. The second-order valence-corrected chi connectivity index (χ2v) is 6.76. The molecule has 1 aliphatic heterocycles. The molecule has 4 heterocycles. The van der Waals surface area contributed by atoms with Gasteiger partial charge in [-0.05, 0) is 24.3 Å². The molecule has 3 aromatic rings. The summed E-state index contributed by atoms with van der Waals surface area (Å²) in [7, 11) is 1.86. The lowest BCUT2D eigenvalue weighted by Crippen LogP contribution is -2.31. The van der Waals surface area contributed by atoms with E-state index in [1.807, 2.05) is 11.7 Å². The van der Waals surface area contributed by atoms with E-state index in [0.29, 0.717) is 11.3 Å². The Kier molecular flexibility index (Phi) is 2.18. The highest BCUT2D eigenvalue weighted by atomic mass is 32.1. The van der Waals surface area contributed by atoms with E-state index in [1.54, 1.807) is 0 Å². The molecule has 8 heteroatoms. The molecule has 0 spiro atoms. The number of hydrogen-bond acceptors (Lipinski definition) is 6. The van der Waals surface area contributed by atoms with E-state index in [9.17, 15) is 4.79 Å². The van der Waals surface area contributed by atoms with Gasteiger partial charge >= 0.3 is 0 Å². The zero-order valence-corrected chi connectivity index (χ0v) is 12.2. The Hall–Kier alpha value is -1.80. The molecule has 0 amide bonds. The molecule has 1 aliphatic rings. The van der Waals surface area contributed by atoms with Crippen molar-refractivity contribution in [2.24, 2.45) is 7.05 Å². The zero-order chi connectivity index (χ0) is 14.1. The number of rotatable bonds is 0. The Morgan fingerprint density at radius 2 is 2.20 bits per heavy atom. The van der Waals surface area contributed by atoms with E-state index >= 15 is 0 Å². The predicted octanol–water partition coefficient (Wildman–Crippen LogP) is 0.889. The van der Waals surface area contributed by atoms with Crippen molar-refractivity contribution in [2.45, 2.75) is 32.5 Å². The summed E-state index contributed by atoms with van der Waals surface area (Å²) >= 11 is 1.54. The third kappa shape index (κ3) is 1.43. The summed E-state index contributed by atoms with van der Waals surface area (Å²) in [5, 5.41) is 11.3. The number of hydrogen-bond donors (Lipinski definition) is 0. The average molecular weight is 291 g/mol. The van der Waals surface area contributed by atoms with E-state index in [1.165, 1.54) is 20.8 Å². The Balaban J connectivity index is 2.15. The van der Waals surface area contributed by atoms with Crippen LogP contribution in [0.1, 0.15) is 24.3 Å². The van der Waals surface area contributed by atoms with E-state index in [4.69, 9.17) is 4.74 Å². The normalized spacial score (nSPS) is 17.8. The predicted molar refractivity (Wildman–Crippen MR) is 74.0 cm³/mol. The van der Waals surface area contributed by atoms with E-state index in [2.05, 4.69) is 29.4 Å². The van der Waals surface area contributed by atoms with Crippen LogP contribution >= 0.6 is 11.3 Å². The maximum atomic E-state index is 12.5. The largest absolute Gasteiger partial charge is 0.370 e. The molecule has 0 bridgehead atoms. The minimum Gasteiger partial charge on any atom is -0.370 e. The van der Waals surface area contributed by atoms with Crippen molar-refractivity contribution in [1.82, 2.24) is 24.8 Å². The molecule has 0 aliphatic carbocycles. The monoisotopic (exact) mass is 291 g/mol. The number of nitrogens with zero attached hydrogens (tertiary/aromatic N) is 5. The summed E-state index contributed by atoms with van der Waals surface area (Å²) in [5.74, 6) is 0. The van der Waals surface area contributed by atoms with Gasteiger partial charge in [0.2, 0.25) is 11.1 Å². The van der Waals surface area contributed by atoms with Crippen molar-refractivity contribution in [3.05, 3.63) is 20.7 Å². The van der Waals surface area contributed by atoms with Crippen LogP contribution in [0.15, 0.2) is 4.79 Å². The fraction of sp³-hybridized carbons (Fsp3) is 0.500. The molecule has 0 saturated heterocycles. The molecular formula is C12H13N5O2S. The number of tetrazole rings is 1. The molecule has 0 fully saturated rings. The topological polar surface area (TPSA) is 74.3 Å². The van der Waals surface area contributed by atoms with Crippen LogP contribution in [0.5, 0.6) is 0 Å². The van der Waals surface area contributed by atoms with Crippen LogP contribution in [-0.4, -0.2) is 30.4 Å². The van der Waals surface area contributed by atoms with Gasteiger partial charge in [0.05, 0.1) is 17.7 Å². The van der Waals surface area contributed by atoms with Gasteiger partial charge in [-0.2, -0.15) is 0 Å². The Bertz CT molecular complexity index is 904. The van der Waals surface area contributed by atoms with Crippen LogP contribution < -0.4 is 5.43 Å². The van der Waals surface area contributed by atoms with Gasteiger partial charge in [0.25, 0.3) is 0 Å². The summed E-state index contributed by atoms with van der Waals surface area (Å²) in [6.45, 7) is 4.65. The Morgan fingerprint density at radius 1 is 1.40 bits per heavy atom.